The molecule has 2 fully saturated rings. The van der Waals surface area contributed by atoms with Gasteiger partial charge in [0.15, 0.2) is 0 Å². The van der Waals surface area contributed by atoms with E-state index in [1.807, 2.05) is 6.92 Å². The predicted molar refractivity (Wildman–Crippen MR) is 101 cm³/mol. The van der Waals surface area contributed by atoms with Crippen molar-refractivity contribution in [1.29, 1.82) is 0 Å². The summed E-state index contributed by atoms with van der Waals surface area (Å²) in [5.41, 5.74) is 0. The molecule has 2 aliphatic heterocycles. The predicted octanol–water partition coefficient (Wildman–Crippen LogP) is 4.91. The first-order valence-electron chi connectivity index (χ1n) is 10.1. The van der Waals surface area contributed by atoms with Crippen molar-refractivity contribution in [3.05, 3.63) is 0 Å². The van der Waals surface area contributed by atoms with Gasteiger partial charge in [-0.1, -0.05) is 48.5 Å². The minimum Gasteiger partial charge on any atom is -0.390 e. The van der Waals surface area contributed by atoms with Gasteiger partial charge in [0.25, 0.3) is 0 Å². The average Bonchev–Trinajstić information content (AvgIpc) is 2.58. The summed E-state index contributed by atoms with van der Waals surface area (Å²) in [5.74, 6) is 3.07. The van der Waals surface area contributed by atoms with E-state index in [4.69, 9.17) is 9.47 Å². The molecule has 2 aliphatic rings. The highest BCUT2D eigenvalue weighted by Crippen LogP contribution is 2.35. The molecule has 24 heavy (non-hydrogen) atoms. The zero-order valence-electron chi connectivity index (χ0n) is 17.5. The number of ether oxygens (including phenoxy) is 2. The highest BCUT2D eigenvalue weighted by molar-refractivity contribution is 4.85. The number of hydrogen-bond acceptors (Lipinski definition) is 3. The molecule has 3 nitrogen and oxygen atoms in total. The van der Waals surface area contributed by atoms with E-state index in [9.17, 15) is 5.11 Å². The molecule has 2 rings (SSSR count). The first-order valence-corrected chi connectivity index (χ1v) is 10.1. The number of rotatable bonds is 2. The Morgan fingerprint density at radius 1 is 0.583 bits per heavy atom. The molecule has 1 N–H and O–H groups in total. The topological polar surface area (TPSA) is 38.7 Å². The molecule has 0 aromatic carbocycles. The van der Waals surface area contributed by atoms with Crippen LogP contribution in [-0.2, 0) is 9.47 Å². The Hall–Kier alpha value is -0.120. The van der Waals surface area contributed by atoms with Gasteiger partial charge in [-0.05, 0) is 56.3 Å². The van der Waals surface area contributed by atoms with Crippen molar-refractivity contribution in [3.63, 3.8) is 0 Å². The molecule has 0 amide bonds. The maximum atomic E-state index is 9.70. The summed E-state index contributed by atoms with van der Waals surface area (Å²) in [4.78, 5) is 0. The van der Waals surface area contributed by atoms with Crippen LogP contribution in [0.15, 0.2) is 0 Å². The molecule has 0 radical (unpaired) electrons. The van der Waals surface area contributed by atoms with Crippen LogP contribution >= 0.6 is 0 Å². The molecule has 0 aromatic rings. The Bertz CT molecular complexity index is 315. The van der Waals surface area contributed by atoms with E-state index in [-0.39, 0.29) is 12.2 Å². The van der Waals surface area contributed by atoms with E-state index in [2.05, 4.69) is 55.4 Å². The second-order valence-electron chi connectivity index (χ2n) is 8.36. The molecular weight excluding hydrogens is 300 g/mol. The van der Waals surface area contributed by atoms with Crippen molar-refractivity contribution in [2.75, 3.05) is 0 Å². The van der Waals surface area contributed by atoms with Gasteiger partial charge in [-0.15, -0.1) is 0 Å². The Morgan fingerprint density at radius 3 is 1.46 bits per heavy atom. The first-order chi connectivity index (χ1) is 11.1. The molecule has 2 heterocycles. The van der Waals surface area contributed by atoms with Crippen molar-refractivity contribution in [2.45, 2.75) is 106 Å². The fourth-order valence-electron chi connectivity index (χ4n) is 4.26. The highest BCUT2D eigenvalue weighted by atomic mass is 16.5. The van der Waals surface area contributed by atoms with Gasteiger partial charge in [-0.2, -0.15) is 0 Å². The van der Waals surface area contributed by atoms with Crippen LogP contribution in [0.2, 0.25) is 0 Å². The second kappa shape index (κ2) is 9.54. The Morgan fingerprint density at radius 2 is 1.00 bits per heavy atom. The zero-order valence-corrected chi connectivity index (χ0v) is 17.5. The van der Waals surface area contributed by atoms with E-state index in [0.29, 0.717) is 36.1 Å². The SMILES string of the molecule is CCC1O[C@H](C)C(C)[C@@H](C)[C@@H]1C.CCC1O[C@H](C)C(O)[C@@H](C)[C@@H]1C. The summed E-state index contributed by atoms with van der Waals surface area (Å²) in [7, 11) is 0. The Balaban J connectivity index is 0.000000240. The average molecular weight is 343 g/mol. The van der Waals surface area contributed by atoms with E-state index in [1.54, 1.807) is 0 Å². The van der Waals surface area contributed by atoms with E-state index < -0.39 is 0 Å². The van der Waals surface area contributed by atoms with Crippen molar-refractivity contribution in [2.24, 2.45) is 29.6 Å². The van der Waals surface area contributed by atoms with Crippen LogP contribution < -0.4 is 0 Å². The van der Waals surface area contributed by atoms with Crippen molar-refractivity contribution in [1.82, 2.24) is 0 Å². The third-order valence-corrected chi connectivity index (χ3v) is 7.00. The molecular formula is C21H42O3. The fourth-order valence-corrected chi connectivity index (χ4v) is 4.26. The van der Waals surface area contributed by atoms with E-state index >= 15 is 0 Å². The lowest BCUT2D eigenvalue weighted by Gasteiger charge is -2.42. The van der Waals surface area contributed by atoms with Crippen molar-refractivity contribution in [3.8, 4) is 0 Å². The smallest absolute Gasteiger partial charge is 0.0828 e. The summed E-state index contributed by atoms with van der Waals surface area (Å²) in [6.45, 7) is 19.8. The molecule has 10 atom stereocenters. The van der Waals surface area contributed by atoms with Crippen LogP contribution in [0.25, 0.3) is 0 Å². The lowest BCUT2D eigenvalue weighted by molar-refractivity contribution is -0.161. The van der Waals surface area contributed by atoms with Crippen LogP contribution in [0.4, 0.5) is 0 Å². The van der Waals surface area contributed by atoms with Gasteiger partial charge < -0.3 is 14.6 Å². The minimum absolute atomic E-state index is 0.00106. The first kappa shape index (κ1) is 21.9. The molecule has 0 aromatic heterocycles. The maximum Gasteiger partial charge on any atom is 0.0828 e. The summed E-state index contributed by atoms with van der Waals surface area (Å²) in [5, 5.41) is 9.70. The van der Waals surface area contributed by atoms with Gasteiger partial charge >= 0.3 is 0 Å². The molecule has 4 unspecified atom stereocenters. The summed E-state index contributed by atoms with van der Waals surface area (Å²) in [6, 6.07) is 0. The number of aliphatic hydroxyl groups is 1. The van der Waals surface area contributed by atoms with Gasteiger partial charge in [0.2, 0.25) is 0 Å². The van der Waals surface area contributed by atoms with Crippen LogP contribution in [-0.4, -0.2) is 35.6 Å². The zero-order chi connectivity index (χ0) is 18.6. The quantitative estimate of drug-likeness (QED) is 0.775. The molecule has 144 valence electrons. The fraction of sp³-hybridized carbons (Fsp3) is 1.00. The lowest BCUT2D eigenvalue weighted by atomic mass is 9.76. The number of hydrogen-bond donors (Lipinski definition) is 1. The van der Waals surface area contributed by atoms with Gasteiger partial charge in [-0.3, -0.25) is 0 Å². The Labute approximate surface area is 150 Å². The van der Waals surface area contributed by atoms with Gasteiger partial charge in [0.1, 0.15) is 0 Å². The van der Waals surface area contributed by atoms with Gasteiger partial charge in [0.05, 0.1) is 30.5 Å². The van der Waals surface area contributed by atoms with Crippen LogP contribution in [0, 0.1) is 29.6 Å². The molecule has 0 bridgehead atoms. The minimum atomic E-state index is -0.289. The second-order valence-corrected chi connectivity index (χ2v) is 8.36. The molecule has 0 aliphatic carbocycles. The lowest BCUT2D eigenvalue weighted by Crippen LogP contribution is -2.47. The summed E-state index contributed by atoms with van der Waals surface area (Å²) in [6.07, 6.45) is 3.18. The normalized spacial score (nSPS) is 49.2. The third kappa shape index (κ3) is 4.95. The van der Waals surface area contributed by atoms with Gasteiger partial charge in [0, 0.05) is 0 Å². The van der Waals surface area contributed by atoms with Crippen molar-refractivity contribution >= 4 is 0 Å². The molecule has 2 saturated heterocycles. The highest BCUT2D eigenvalue weighted by Gasteiger charge is 2.37. The third-order valence-electron chi connectivity index (χ3n) is 7.00. The summed E-state index contributed by atoms with van der Waals surface area (Å²) < 4.78 is 11.6. The van der Waals surface area contributed by atoms with Crippen LogP contribution in [0.1, 0.15) is 75.2 Å². The molecule has 3 heteroatoms. The van der Waals surface area contributed by atoms with Crippen LogP contribution in [0.3, 0.4) is 0 Å². The van der Waals surface area contributed by atoms with E-state index in [1.165, 1.54) is 0 Å². The molecule has 0 spiro atoms. The maximum absolute atomic E-state index is 9.70. The Kier molecular flexibility index (Phi) is 8.72. The van der Waals surface area contributed by atoms with Crippen LogP contribution in [0.5, 0.6) is 0 Å². The van der Waals surface area contributed by atoms with E-state index in [0.717, 1.165) is 24.7 Å². The summed E-state index contributed by atoms with van der Waals surface area (Å²) >= 11 is 0. The largest absolute Gasteiger partial charge is 0.390 e. The van der Waals surface area contributed by atoms with Crippen molar-refractivity contribution < 1.29 is 14.6 Å². The number of aliphatic hydroxyl groups excluding tert-OH is 1. The molecule has 0 saturated carbocycles. The standard InChI is InChI=1S/C11H22O.C10H20O2/c1-6-11-9(4)7(2)8(3)10(5)12-11;1-5-9-6(2)7(3)10(11)8(4)12-9/h7-11H,6H2,1-5H3;6-11H,5H2,1-4H3/t7-,8?,9+,10-,11?;6-,7-,8+,9?,10?/m10/s1. The monoisotopic (exact) mass is 342 g/mol. The van der Waals surface area contributed by atoms with Gasteiger partial charge in [-0.25, -0.2) is 0 Å².